The monoisotopic (exact) mass is 351 g/mol. The van der Waals surface area contributed by atoms with E-state index in [1.807, 2.05) is 42.5 Å². The lowest BCUT2D eigenvalue weighted by atomic mass is 10.0. The zero-order valence-corrected chi connectivity index (χ0v) is 14.1. The fourth-order valence-electron chi connectivity index (χ4n) is 2.82. The van der Waals surface area contributed by atoms with Crippen molar-refractivity contribution in [2.45, 2.75) is 6.92 Å². The SMILES string of the molecule is Cc1cc2oc(Nc3ccccc3)c(-c3cccc(Cl)c3)c2c(=O)o1. The molecule has 124 valence electrons. The van der Waals surface area contributed by atoms with Gasteiger partial charge in [0.2, 0.25) is 5.88 Å². The average Bonchev–Trinajstić information content (AvgIpc) is 2.94. The molecule has 4 nitrogen and oxygen atoms in total. The number of aryl methyl sites for hydroxylation is 1. The second-order valence-electron chi connectivity index (χ2n) is 5.69. The summed E-state index contributed by atoms with van der Waals surface area (Å²) in [5, 5.41) is 4.21. The number of nitrogens with one attached hydrogen (secondary N) is 1. The lowest BCUT2D eigenvalue weighted by molar-refractivity contribution is 0.485. The molecule has 0 radical (unpaired) electrons. The Morgan fingerprint density at radius 2 is 1.76 bits per heavy atom. The van der Waals surface area contributed by atoms with Crippen LogP contribution in [0.4, 0.5) is 11.6 Å². The van der Waals surface area contributed by atoms with Gasteiger partial charge in [0, 0.05) is 16.8 Å². The third kappa shape index (κ3) is 2.92. The van der Waals surface area contributed by atoms with Gasteiger partial charge in [-0.25, -0.2) is 4.79 Å². The lowest BCUT2D eigenvalue weighted by Crippen LogP contribution is -2.00. The summed E-state index contributed by atoms with van der Waals surface area (Å²) in [6, 6.07) is 18.6. The fourth-order valence-corrected chi connectivity index (χ4v) is 3.01. The fraction of sp³-hybridized carbons (Fsp3) is 0.0500. The van der Waals surface area contributed by atoms with E-state index in [1.54, 1.807) is 25.1 Å². The molecule has 4 rings (SSSR count). The standard InChI is InChI=1S/C20H14ClNO3/c1-12-10-16-18(20(23)24-12)17(13-6-5-7-14(21)11-13)19(25-16)22-15-8-3-2-4-9-15/h2-11,22H,1H3. The Labute approximate surface area is 148 Å². The highest BCUT2D eigenvalue weighted by atomic mass is 35.5. The van der Waals surface area contributed by atoms with E-state index < -0.39 is 5.63 Å². The predicted octanol–water partition coefficient (Wildman–Crippen LogP) is 5.76. The number of benzene rings is 2. The minimum Gasteiger partial charge on any atom is -0.439 e. The van der Waals surface area contributed by atoms with Gasteiger partial charge < -0.3 is 14.2 Å². The van der Waals surface area contributed by atoms with Crippen molar-refractivity contribution in [2.75, 3.05) is 5.32 Å². The highest BCUT2D eigenvalue weighted by Gasteiger charge is 2.21. The number of rotatable bonds is 3. The second-order valence-corrected chi connectivity index (χ2v) is 6.13. The molecule has 25 heavy (non-hydrogen) atoms. The van der Waals surface area contributed by atoms with E-state index >= 15 is 0 Å². The largest absolute Gasteiger partial charge is 0.439 e. The maximum absolute atomic E-state index is 12.5. The Morgan fingerprint density at radius 3 is 2.52 bits per heavy atom. The van der Waals surface area contributed by atoms with E-state index in [9.17, 15) is 4.79 Å². The minimum absolute atomic E-state index is 0.395. The molecule has 0 saturated heterocycles. The molecular weight excluding hydrogens is 338 g/mol. The molecule has 5 heteroatoms. The summed E-state index contributed by atoms with van der Waals surface area (Å²) in [7, 11) is 0. The lowest BCUT2D eigenvalue weighted by Gasteiger charge is -2.06. The van der Waals surface area contributed by atoms with Gasteiger partial charge >= 0.3 is 5.63 Å². The van der Waals surface area contributed by atoms with Crippen LogP contribution in [0.1, 0.15) is 5.76 Å². The first-order chi connectivity index (χ1) is 12.1. The quantitative estimate of drug-likeness (QED) is 0.510. The summed E-state index contributed by atoms with van der Waals surface area (Å²) < 4.78 is 11.2. The highest BCUT2D eigenvalue weighted by Crippen LogP contribution is 2.39. The summed E-state index contributed by atoms with van der Waals surface area (Å²) >= 11 is 6.14. The number of hydrogen-bond acceptors (Lipinski definition) is 4. The molecule has 0 spiro atoms. The number of halogens is 1. The Morgan fingerprint density at radius 1 is 0.960 bits per heavy atom. The van der Waals surface area contributed by atoms with Crippen LogP contribution >= 0.6 is 11.6 Å². The number of para-hydroxylation sites is 1. The molecule has 2 aromatic carbocycles. The minimum atomic E-state index is -0.435. The highest BCUT2D eigenvalue weighted by molar-refractivity contribution is 6.31. The summed E-state index contributed by atoms with van der Waals surface area (Å²) in [6.07, 6.45) is 0. The topological polar surface area (TPSA) is 55.4 Å². The first-order valence-corrected chi connectivity index (χ1v) is 8.15. The average molecular weight is 352 g/mol. The van der Waals surface area contributed by atoms with Crippen LogP contribution in [0.2, 0.25) is 5.02 Å². The Hall–Kier alpha value is -2.98. The van der Waals surface area contributed by atoms with Gasteiger partial charge in [0.15, 0.2) is 0 Å². The van der Waals surface area contributed by atoms with Gasteiger partial charge in [-0.15, -0.1) is 0 Å². The Bertz CT molecular complexity index is 1110. The molecule has 0 amide bonds. The van der Waals surface area contributed by atoms with Gasteiger partial charge in [0.1, 0.15) is 16.7 Å². The van der Waals surface area contributed by atoms with Gasteiger partial charge in [-0.3, -0.25) is 0 Å². The molecule has 2 aromatic heterocycles. The van der Waals surface area contributed by atoms with Gasteiger partial charge in [0.25, 0.3) is 0 Å². The summed E-state index contributed by atoms with van der Waals surface area (Å²) in [5.74, 6) is 0.969. The van der Waals surface area contributed by atoms with E-state index in [1.165, 1.54) is 0 Å². The van der Waals surface area contributed by atoms with E-state index in [0.29, 0.717) is 33.2 Å². The molecule has 0 aliphatic rings. The van der Waals surface area contributed by atoms with Gasteiger partial charge in [0.05, 0.1) is 5.56 Å². The summed E-state index contributed by atoms with van der Waals surface area (Å²) in [4.78, 5) is 12.5. The maximum atomic E-state index is 12.5. The van der Waals surface area contributed by atoms with E-state index in [0.717, 1.165) is 11.3 Å². The number of fused-ring (bicyclic) bond motifs is 1. The second kappa shape index (κ2) is 6.15. The van der Waals surface area contributed by atoms with Crippen LogP contribution in [0, 0.1) is 6.92 Å². The van der Waals surface area contributed by atoms with Gasteiger partial charge in [-0.2, -0.15) is 0 Å². The van der Waals surface area contributed by atoms with E-state index in [4.69, 9.17) is 20.4 Å². The Balaban J connectivity index is 1.99. The van der Waals surface area contributed by atoms with Crippen LogP contribution in [0.15, 0.2) is 74.3 Å². The predicted molar refractivity (Wildman–Crippen MR) is 99.7 cm³/mol. The van der Waals surface area contributed by atoms with Crippen molar-refractivity contribution < 1.29 is 8.83 Å². The van der Waals surface area contributed by atoms with Gasteiger partial charge in [-0.1, -0.05) is 41.9 Å². The third-order valence-electron chi connectivity index (χ3n) is 3.87. The number of hydrogen-bond donors (Lipinski definition) is 1. The van der Waals surface area contributed by atoms with Crippen LogP contribution in [-0.4, -0.2) is 0 Å². The summed E-state index contributed by atoms with van der Waals surface area (Å²) in [6.45, 7) is 1.71. The third-order valence-corrected chi connectivity index (χ3v) is 4.11. The molecule has 1 N–H and O–H groups in total. The van der Waals surface area contributed by atoms with Crippen molar-refractivity contribution in [3.05, 3.63) is 81.9 Å². The molecule has 0 bridgehead atoms. The smallest absolute Gasteiger partial charge is 0.347 e. The van der Waals surface area contributed by atoms with Crippen molar-refractivity contribution >= 4 is 34.1 Å². The van der Waals surface area contributed by atoms with Crippen LogP contribution < -0.4 is 10.9 Å². The summed E-state index contributed by atoms with van der Waals surface area (Å²) in [5.41, 5.74) is 2.30. The van der Waals surface area contributed by atoms with Crippen molar-refractivity contribution in [1.29, 1.82) is 0 Å². The van der Waals surface area contributed by atoms with Crippen LogP contribution in [0.5, 0.6) is 0 Å². The zero-order valence-electron chi connectivity index (χ0n) is 13.4. The molecule has 0 aliphatic heterocycles. The van der Waals surface area contributed by atoms with Crippen molar-refractivity contribution in [3.8, 4) is 11.1 Å². The number of anilines is 2. The molecule has 0 atom stereocenters. The normalized spacial score (nSPS) is 11.0. The van der Waals surface area contributed by atoms with Crippen LogP contribution in [-0.2, 0) is 0 Å². The molecule has 4 aromatic rings. The molecule has 0 unspecified atom stereocenters. The first kappa shape index (κ1) is 15.5. The molecule has 2 heterocycles. The zero-order chi connectivity index (χ0) is 17.4. The molecule has 0 saturated carbocycles. The number of furan rings is 1. The van der Waals surface area contributed by atoms with Crippen LogP contribution in [0.3, 0.4) is 0 Å². The molecule has 0 aliphatic carbocycles. The first-order valence-electron chi connectivity index (χ1n) is 7.77. The van der Waals surface area contributed by atoms with Gasteiger partial charge in [-0.05, 0) is 36.8 Å². The molecular formula is C20H14ClNO3. The van der Waals surface area contributed by atoms with Crippen molar-refractivity contribution in [2.24, 2.45) is 0 Å². The molecule has 0 fully saturated rings. The van der Waals surface area contributed by atoms with Crippen LogP contribution in [0.25, 0.3) is 22.1 Å². The van der Waals surface area contributed by atoms with Crippen molar-refractivity contribution in [3.63, 3.8) is 0 Å². The van der Waals surface area contributed by atoms with Crippen molar-refractivity contribution in [1.82, 2.24) is 0 Å². The van der Waals surface area contributed by atoms with E-state index in [2.05, 4.69) is 5.32 Å². The maximum Gasteiger partial charge on any atom is 0.347 e. The Kier molecular flexibility index (Phi) is 3.82. The van der Waals surface area contributed by atoms with E-state index in [-0.39, 0.29) is 0 Å².